The Hall–Kier alpha value is -1.06. The molecule has 0 aliphatic heterocycles. The molecule has 1 rings (SSSR count). The van der Waals surface area contributed by atoms with Crippen LogP contribution in [0.2, 0.25) is 0 Å². The highest BCUT2D eigenvalue weighted by atomic mass is 16.6. The fraction of sp³-hybridized carbons (Fsp3) is 0.667. The number of rotatable bonds is 1. The molecule has 0 saturated carbocycles. The summed E-state index contributed by atoms with van der Waals surface area (Å²) in [6.45, 7) is 3.88. The highest BCUT2D eigenvalue weighted by Crippen LogP contribution is 2.17. The summed E-state index contributed by atoms with van der Waals surface area (Å²) >= 11 is 0. The summed E-state index contributed by atoms with van der Waals surface area (Å²) in [4.78, 5) is 0. The maximum Gasteiger partial charge on any atom is 0.370 e. The summed E-state index contributed by atoms with van der Waals surface area (Å²) in [6, 6.07) is 0. The van der Waals surface area contributed by atoms with Gasteiger partial charge in [0.25, 0.3) is 5.69 Å². The van der Waals surface area contributed by atoms with Gasteiger partial charge >= 0.3 is 5.88 Å². The van der Waals surface area contributed by atoms with Crippen LogP contribution < -0.4 is 4.74 Å². The van der Waals surface area contributed by atoms with Crippen LogP contribution in [0.25, 0.3) is 0 Å². The smallest absolute Gasteiger partial charge is 0.370 e. The van der Waals surface area contributed by atoms with E-state index >= 15 is 0 Å². The van der Waals surface area contributed by atoms with E-state index in [1.807, 2.05) is 13.8 Å². The van der Waals surface area contributed by atoms with E-state index in [0.29, 0.717) is 5.69 Å². The van der Waals surface area contributed by atoms with Crippen LogP contribution in [-0.2, 0) is 7.05 Å². The zero-order valence-electron chi connectivity index (χ0n) is 6.33. The average Bonchev–Trinajstić information content (AvgIpc) is 2.14. The van der Waals surface area contributed by atoms with Crippen LogP contribution in [0.5, 0.6) is 5.88 Å². The topological polar surface area (TPSA) is 50.1 Å². The molecule has 56 valence electrons. The van der Waals surface area contributed by atoms with Gasteiger partial charge in [-0.25, -0.2) is 0 Å². The van der Waals surface area contributed by atoms with E-state index < -0.39 is 0 Å². The number of hydrogen-bond acceptors (Lipinski definition) is 3. The van der Waals surface area contributed by atoms with Crippen molar-refractivity contribution < 1.29 is 14.5 Å². The van der Waals surface area contributed by atoms with Crippen molar-refractivity contribution in [3.05, 3.63) is 5.69 Å². The molecule has 0 amide bonds. The lowest BCUT2D eigenvalue weighted by Gasteiger charge is -1.88. The van der Waals surface area contributed by atoms with Crippen LogP contribution >= 0.6 is 0 Å². The predicted molar refractivity (Wildman–Crippen MR) is 33.4 cm³/mol. The molecule has 0 spiro atoms. The average molecular weight is 143 g/mol. The molecule has 0 radical (unpaired) electrons. The van der Waals surface area contributed by atoms with Crippen LogP contribution in [0, 0.1) is 0 Å². The van der Waals surface area contributed by atoms with Gasteiger partial charge in [0, 0.05) is 5.92 Å². The van der Waals surface area contributed by atoms with Crippen molar-refractivity contribution >= 4 is 0 Å². The molecule has 0 saturated heterocycles. The van der Waals surface area contributed by atoms with Gasteiger partial charge in [-0.1, -0.05) is 18.5 Å². The minimum Gasteiger partial charge on any atom is -0.473 e. The second kappa shape index (κ2) is 2.28. The number of aromatic nitrogens is 2. The van der Waals surface area contributed by atoms with E-state index in [0.717, 1.165) is 0 Å². The van der Waals surface area contributed by atoms with Crippen LogP contribution in [0.1, 0.15) is 25.5 Å². The molecule has 1 aromatic heterocycles. The Balaban J connectivity index is 3.05. The molecule has 4 heteroatoms. The van der Waals surface area contributed by atoms with Gasteiger partial charge in [-0.05, 0) is 4.74 Å². The van der Waals surface area contributed by atoms with Gasteiger partial charge in [-0.2, -0.15) is 0 Å². The molecule has 10 heavy (non-hydrogen) atoms. The number of nitrogens with zero attached hydrogens (tertiary/aromatic N) is 2. The van der Waals surface area contributed by atoms with Crippen LogP contribution in [0.4, 0.5) is 0 Å². The Bertz CT molecular complexity index is 230. The highest BCUT2D eigenvalue weighted by Gasteiger charge is 2.23. The van der Waals surface area contributed by atoms with Crippen LogP contribution in [0.15, 0.2) is 4.63 Å². The van der Waals surface area contributed by atoms with E-state index in [9.17, 15) is 5.11 Å². The minimum absolute atomic E-state index is 0.106. The fourth-order valence-electron chi connectivity index (χ4n) is 0.710. The Morgan fingerprint density at radius 3 is 2.40 bits per heavy atom. The molecule has 1 heterocycles. The molecule has 1 aromatic rings. The van der Waals surface area contributed by atoms with Gasteiger partial charge in [-0.3, -0.25) is 0 Å². The lowest BCUT2D eigenvalue weighted by molar-refractivity contribution is -0.856. The predicted octanol–water partition coefficient (Wildman–Crippen LogP) is 0.328. The molecule has 0 aromatic carbocycles. The van der Waals surface area contributed by atoms with Gasteiger partial charge in [0.2, 0.25) is 0 Å². The van der Waals surface area contributed by atoms with Crippen LogP contribution in [0.3, 0.4) is 0 Å². The minimum atomic E-state index is 0.106. The molecule has 1 N–H and O–H groups in total. The zero-order valence-corrected chi connectivity index (χ0v) is 6.33. The molecule has 0 fully saturated rings. The Morgan fingerprint density at radius 1 is 1.60 bits per heavy atom. The van der Waals surface area contributed by atoms with Crippen LogP contribution in [-0.4, -0.2) is 10.3 Å². The molecule has 0 bridgehead atoms. The van der Waals surface area contributed by atoms with E-state index in [1.165, 1.54) is 4.74 Å². The summed E-state index contributed by atoms with van der Waals surface area (Å²) in [5.41, 5.74) is 0.600. The zero-order chi connectivity index (χ0) is 7.72. The van der Waals surface area contributed by atoms with Crippen molar-refractivity contribution in [3.63, 3.8) is 0 Å². The maximum absolute atomic E-state index is 9.21. The number of aryl methyl sites for hydroxylation is 1. The number of aromatic hydroxyl groups is 1. The monoisotopic (exact) mass is 143 g/mol. The molecule has 0 aliphatic rings. The lowest BCUT2D eigenvalue weighted by Crippen LogP contribution is -2.24. The molecule has 0 atom stereocenters. The van der Waals surface area contributed by atoms with E-state index in [1.54, 1.807) is 7.05 Å². The van der Waals surface area contributed by atoms with Gasteiger partial charge in [0.05, 0.1) is 0 Å². The van der Waals surface area contributed by atoms with E-state index in [4.69, 9.17) is 0 Å². The molecular weight excluding hydrogens is 132 g/mol. The third-order valence-electron chi connectivity index (χ3n) is 1.34. The van der Waals surface area contributed by atoms with E-state index in [2.05, 4.69) is 9.79 Å². The molecular formula is C6H11N2O2+. The number of hydrogen-bond donors (Lipinski definition) is 1. The molecule has 0 unspecified atom stereocenters. The van der Waals surface area contributed by atoms with Crippen molar-refractivity contribution in [1.82, 2.24) is 5.16 Å². The van der Waals surface area contributed by atoms with Crippen molar-refractivity contribution in [2.45, 2.75) is 19.8 Å². The van der Waals surface area contributed by atoms with Gasteiger partial charge < -0.3 is 5.11 Å². The SMILES string of the molecule is CC(C)c1no[n+](C)c1O. The maximum atomic E-state index is 9.21. The normalized spacial score (nSPS) is 10.8. The summed E-state index contributed by atoms with van der Waals surface area (Å²) < 4.78 is 5.90. The Morgan fingerprint density at radius 2 is 2.20 bits per heavy atom. The summed E-state index contributed by atoms with van der Waals surface area (Å²) in [6.07, 6.45) is 0. The highest BCUT2D eigenvalue weighted by molar-refractivity contribution is 5.11. The summed E-state index contributed by atoms with van der Waals surface area (Å²) in [7, 11) is 1.61. The lowest BCUT2D eigenvalue weighted by atomic mass is 10.1. The Labute approximate surface area is 59.0 Å². The standard InChI is InChI=1S/C6H10N2O2/c1-4(2)5-6(9)8(3)10-7-5/h4H,1-3H3/p+1. The summed E-state index contributed by atoms with van der Waals surface area (Å²) in [5.74, 6) is 0.306. The quantitative estimate of drug-likeness (QED) is 0.576. The first-order valence-corrected chi connectivity index (χ1v) is 3.18. The fourth-order valence-corrected chi connectivity index (χ4v) is 0.710. The molecule has 4 nitrogen and oxygen atoms in total. The largest absolute Gasteiger partial charge is 0.473 e. The first kappa shape index (κ1) is 7.05. The summed E-state index contributed by atoms with van der Waals surface area (Å²) in [5, 5.41) is 12.9. The third kappa shape index (κ3) is 0.964. The van der Waals surface area contributed by atoms with E-state index in [-0.39, 0.29) is 11.8 Å². The first-order valence-electron chi connectivity index (χ1n) is 3.18. The van der Waals surface area contributed by atoms with Gasteiger partial charge in [0.15, 0.2) is 5.16 Å². The second-order valence-corrected chi connectivity index (χ2v) is 2.53. The van der Waals surface area contributed by atoms with Gasteiger partial charge in [-0.15, -0.1) is 0 Å². The van der Waals surface area contributed by atoms with Gasteiger partial charge in [0.1, 0.15) is 7.05 Å². The van der Waals surface area contributed by atoms with Crippen molar-refractivity contribution in [3.8, 4) is 5.88 Å². The first-order chi connectivity index (χ1) is 4.63. The molecule has 0 aliphatic carbocycles. The second-order valence-electron chi connectivity index (χ2n) is 2.53. The van der Waals surface area contributed by atoms with Crippen molar-refractivity contribution in [2.75, 3.05) is 0 Å². The van der Waals surface area contributed by atoms with Crippen molar-refractivity contribution in [2.24, 2.45) is 7.05 Å². The Kier molecular flexibility index (Phi) is 1.61. The third-order valence-corrected chi connectivity index (χ3v) is 1.34. The van der Waals surface area contributed by atoms with Crippen molar-refractivity contribution in [1.29, 1.82) is 0 Å².